The molecule has 1 saturated heterocycles. The fraction of sp³-hybridized carbons (Fsp3) is 0.308. The van der Waals surface area contributed by atoms with E-state index in [-0.39, 0.29) is 6.04 Å². The number of piperidine rings is 1. The van der Waals surface area contributed by atoms with Gasteiger partial charge in [-0.15, -0.1) is 0 Å². The third-order valence-corrected chi connectivity index (χ3v) is 6.28. The van der Waals surface area contributed by atoms with Crippen molar-refractivity contribution in [3.05, 3.63) is 83.0 Å². The molecule has 0 bridgehead atoms. The highest BCUT2D eigenvalue weighted by Gasteiger charge is 2.31. The largest absolute Gasteiger partial charge is 0.495 e. The Morgan fingerprint density at radius 1 is 1.15 bits per heavy atom. The zero-order valence-electron chi connectivity index (χ0n) is 19.2. The van der Waals surface area contributed by atoms with Gasteiger partial charge >= 0.3 is 0 Å². The maximum atomic E-state index is 14.0. The molecule has 2 aliphatic rings. The molecule has 3 heterocycles. The second kappa shape index (κ2) is 9.29. The highest BCUT2D eigenvalue weighted by molar-refractivity contribution is 6.02. The molecule has 2 aliphatic heterocycles. The minimum atomic E-state index is -0.843. The third kappa shape index (κ3) is 4.27. The van der Waals surface area contributed by atoms with Gasteiger partial charge in [-0.3, -0.25) is 0 Å². The first-order valence-corrected chi connectivity index (χ1v) is 11.3. The van der Waals surface area contributed by atoms with Crippen molar-refractivity contribution >= 4 is 11.9 Å². The summed E-state index contributed by atoms with van der Waals surface area (Å²) in [5.74, 6) is -0.205. The number of nitrogens with zero attached hydrogens (tertiary/aromatic N) is 4. The number of fused-ring (bicyclic) bond motifs is 1. The smallest absolute Gasteiger partial charge is 0.171 e. The monoisotopic (exact) mass is 464 g/mol. The Labute approximate surface area is 197 Å². The van der Waals surface area contributed by atoms with Crippen LogP contribution in [0.15, 0.2) is 59.7 Å². The Morgan fingerprint density at radius 3 is 2.79 bits per heavy atom. The van der Waals surface area contributed by atoms with E-state index in [1.54, 1.807) is 19.5 Å². The Balaban J connectivity index is 1.47. The number of benzene rings is 2. The minimum Gasteiger partial charge on any atom is -0.495 e. The summed E-state index contributed by atoms with van der Waals surface area (Å²) in [4.78, 5) is 12.0. The van der Waals surface area contributed by atoms with Gasteiger partial charge in [0.1, 0.15) is 12.4 Å². The lowest BCUT2D eigenvalue weighted by atomic mass is 9.95. The van der Waals surface area contributed by atoms with Gasteiger partial charge in [0.2, 0.25) is 0 Å². The number of imidazole rings is 1. The second-order valence-corrected chi connectivity index (χ2v) is 8.55. The lowest BCUT2D eigenvalue weighted by Gasteiger charge is -2.36. The van der Waals surface area contributed by atoms with Crippen molar-refractivity contribution in [2.75, 3.05) is 20.3 Å². The van der Waals surface area contributed by atoms with Gasteiger partial charge in [-0.2, -0.15) is 0 Å². The quantitative estimate of drug-likeness (QED) is 0.517. The van der Waals surface area contributed by atoms with Crippen LogP contribution >= 0.6 is 0 Å². The summed E-state index contributed by atoms with van der Waals surface area (Å²) in [6.45, 7) is 3.12. The topological polar surface area (TPSA) is 51.9 Å². The molecule has 2 aromatic carbocycles. The van der Waals surface area contributed by atoms with Crippen LogP contribution < -0.4 is 4.74 Å². The van der Waals surface area contributed by atoms with Gasteiger partial charge in [0.25, 0.3) is 0 Å². The number of ether oxygens (including phenoxy) is 1. The van der Waals surface area contributed by atoms with Gasteiger partial charge in [-0.25, -0.2) is 13.8 Å². The molecule has 1 fully saturated rings. The van der Waals surface area contributed by atoms with Gasteiger partial charge in [-0.05, 0) is 66.8 Å². The van der Waals surface area contributed by atoms with Crippen LogP contribution in [0.1, 0.15) is 42.1 Å². The van der Waals surface area contributed by atoms with E-state index in [1.807, 2.05) is 35.9 Å². The molecule has 1 aromatic heterocycles. The molecule has 0 aliphatic carbocycles. The lowest BCUT2D eigenvalue weighted by molar-refractivity contribution is 0.140. The minimum absolute atomic E-state index is 0.138. The van der Waals surface area contributed by atoms with Gasteiger partial charge in [-0.1, -0.05) is 17.3 Å². The summed E-state index contributed by atoms with van der Waals surface area (Å²) in [6, 6.07) is 9.99. The fourth-order valence-corrected chi connectivity index (χ4v) is 4.64. The second-order valence-electron chi connectivity index (χ2n) is 8.55. The number of aromatic nitrogens is 2. The van der Waals surface area contributed by atoms with Gasteiger partial charge in [0, 0.05) is 19.2 Å². The summed E-state index contributed by atoms with van der Waals surface area (Å²) in [6.07, 6.45) is 8.21. The molecule has 34 heavy (non-hydrogen) atoms. The van der Waals surface area contributed by atoms with E-state index in [9.17, 15) is 8.78 Å². The summed E-state index contributed by atoms with van der Waals surface area (Å²) in [5.41, 5.74) is 4.57. The van der Waals surface area contributed by atoms with Crippen molar-refractivity contribution in [3.63, 3.8) is 0 Å². The number of halogens is 2. The number of hydrogen-bond acceptors (Lipinski definition) is 5. The molecule has 1 unspecified atom stereocenters. The van der Waals surface area contributed by atoms with Crippen LogP contribution in [-0.4, -0.2) is 40.5 Å². The Hall–Kier alpha value is -3.68. The molecule has 0 radical (unpaired) electrons. The average molecular weight is 465 g/mol. The molecule has 3 aromatic rings. The first-order valence-electron chi connectivity index (χ1n) is 11.3. The molecule has 0 N–H and O–H groups in total. The van der Waals surface area contributed by atoms with Crippen molar-refractivity contribution < 1.29 is 18.4 Å². The molecule has 0 saturated carbocycles. The number of methoxy groups -OCH3 is 1. The third-order valence-electron chi connectivity index (χ3n) is 6.28. The normalized spacial score (nSPS) is 19.3. The van der Waals surface area contributed by atoms with Crippen LogP contribution in [0.3, 0.4) is 0 Å². The number of aryl methyl sites for hydroxylation is 1. The van der Waals surface area contributed by atoms with E-state index >= 15 is 0 Å². The van der Waals surface area contributed by atoms with Crippen molar-refractivity contribution in [1.29, 1.82) is 0 Å². The van der Waals surface area contributed by atoms with Crippen molar-refractivity contribution in [1.82, 2.24) is 14.5 Å². The number of oxime groups is 1. The fourth-order valence-electron chi connectivity index (χ4n) is 4.64. The first-order chi connectivity index (χ1) is 16.5. The highest BCUT2D eigenvalue weighted by Crippen LogP contribution is 2.35. The van der Waals surface area contributed by atoms with Crippen molar-refractivity contribution in [3.8, 4) is 11.4 Å². The average Bonchev–Trinajstić information content (AvgIpc) is 3.15. The summed E-state index contributed by atoms with van der Waals surface area (Å²) in [7, 11) is 1.65. The molecule has 8 heteroatoms. The Morgan fingerprint density at radius 2 is 2.03 bits per heavy atom. The van der Waals surface area contributed by atoms with E-state index in [4.69, 9.17) is 9.57 Å². The van der Waals surface area contributed by atoms with Crippen LogP contribution in [0.2, 0.25) is 0 Å². The molecule has 176 valence electrons. The van der Waals surface area contributed by atoms with Gasteiger partial charge < -0.3 is 19.0 Å². The maximum Gasteiger partial charge on any atom is 0.171 e. The number of hydrogen-bond donors (Lipinski definition) is 0. The summed E-state index contributed by atoms with van der Waals surface area (Å²) >= 11 is 0. The van der Waals surface area contributed by atoms with E-state index in [1.165, 1.54) is 12.1 Å². The van der Waals surface area contributed by atoms with Crippen LogP contribution in [0.25, 0.3) is 11.8 Å². The standard InChI is InChI=1S/C26H26F2N4O2/c1-17-15-31(16-29-17)24-8-5-18(13-25(24)33-2)12-20-4-3-10-32-23(9-11-34-30-26(20)32)19-6-7-21(27)22(28)14-19/h5-8,12-16,23H,3-4,9-11H2,1-2H3/b20-12+. The van der Waals surface area contributed by atoms with Crippen LogP contribution in [0.5, 0.6) is 5.75 Å². The zero-order valence-corrected chi connectivity index (χ0v) is 19.2. The maximum absolute atomic E-state index is 14.0. The number of amidine groups is 1. The molecule has 5 rings (SSSR count). The predicted octanol–water partition coefficient (Wildman–Crippen LogP) is 5.42. The Kier molecular flexibility index (Phi) is 6.04. The van der Waals surface area contributed by atoms with Crippen molar-refractivity contribution in [2.45, 2.75) is 32.2 Å². The van der Waals surface area contributed by atoms with Gasteiger partial charge in [0.15, 0.2) is 17.5 Å². The van der Waals surface area contributed by atoms with E-state index < -0.39 is 11.6 Å². The zero-order chi connectivity index (χ0) is 23.7. The van der Waals surface area contributed by atoms with Crippen LogP contribution in [-0.2, 0) is 4.84 Å². The highest BCUT2D eigenvalue weighted by atomic mass is 19.2. The predicted molar refractivity (Wildman–Crippen MR) is 126 cm³/mol. The SMILES string of the molecule is COc1cc(/C=C2\CCCN3C2=NOCCC3c2ccc(F)c(F)c2)ccc1-n1cnc(C)c1. The van der Waals surface area contributed by atoms with Crippen LogP contribution in [0, 0.1) is 18.6 Å². The summed E-state index contributed by atoms with van der Waals surface area (Å²) < 4.78 is 35.1. The Bertz CT molecular complexity index is 1270. The lowest BCUT2D eigenvalue weighted by Crippen LogP contribution is -2.39. The number of rotatable bonds is 4. The van der Waals surface area contributed by atoms with Crippen molar-refractivity contribution in [2.24, 2.45) is 5.16 Å². The molecular formula is C26H26F2N4O2. The molecule has 1 atom stereocenters. The molecule has 0 spiro atoms. The summed E-state index contributed by atoms with van der Waals surface area (Å²) in [5, 5.41) is 4.41. The molecule has 6 nitrogen and oxygen atoms in total. The first kappa shape index (κ1) is 22.1. The van der Waals surface area contributed by atoms with Gasteiger partial charge in [0.05, 0.1) is 30.9 Å². The van der Waals surface area contributed by atoms with Crippen LogP contribution in [0.4, 0.5) is 8.78 Å². The van der Waals surface area contributed by atoms with E-state index in [0.29, 0.717) is 13.0 Å². The van der Waals surface area contributed by atoms with E-state index in [0.717, 1.165) is 59.1 Å². The van der Waals surface area contributed by atoms with E-state index in [2.05, 4.69) is 21.1 Å². The molecular weight excluding hydrogens is 438 g/mol. The molecule has 0 amide bonds.